The average molecular weight is 550 g/mol. The zero-order valence-electron chi connectivity index (χ0n) is 21.2. The van der Waals surface area contributed by atoms with Crippen LogP contribution in [0.4, 0.5) is 11.4 Å². The van der Waals surface area contributed by atoms with Crippen molar-refractivity contribution in [1.29, 1.82) is 0 Å². The fourth-order valence-corrected chi connectivity index (χ4v) is 5.70. The fourth-order valence-electron chi connectivity index (χ4n) is 5.22. The van der Waals surface area contributed by atoms with E-state index in [1.165, 1.54) is 0 Å². The van der Waals surface area contributed by atoms with E-state index in [1.807, 2.05) is 48.5 Å². The summed E-state index contributed by atoms with van der Waals surface area (Å²) in [6.45, 7) is 1.06. The summed E-state index contributed by atoms with van der Waals surface area (Å²) in [4.78, 5) is 44.8. The number of fused-ring (bicyclic) bond motifs is 1. The van der Waals surface area contributed by atoms with Gasteiger partial charge >= 0.3 is 0 Å². The molecule has 5 rings (SSSR count). The zero-order valence-corrected chi connectivity index (χ0v) is 22.7. The molecular weight excluding hydrogens is 521 g/mol. The van der Waals surface area contributed by atoms with E-state index in [9.17, 15) is 14.4 Å². The predicted molar refractivity (Wildman–Crippen MR) is 151 cm³/mol. The minimum Gasteiger partial charge on any atom is -0.326 e. The third kappa shape index (κ3) is 5.42. The van der Waals surface area contributed by atoms with Gasteiger partial charge in [-0.25, -0.2) is 0 Å². The highest BCUT2D eigenvalue weighted by molar-refractivity contribution is 6.35. The maximum atomic E-state index is 13.8. The molecule has 1 atom stereocenters. The Labute approximate surface area is 232 Å². The number of benzene rings is 3. The molecule has 0 aliphatic carbocycles. The van der Waals surface area contributed by atoms with Crippen molar-refractivity contribution < 1.29 is 14.4 Å². The van der Waals surface area contributed by atoms with Gasteiger partial charge in [-0.1, -0.05) is 53.5 Å². The Hall–Kier alpha value is -3.35. The van der Waals surface area contributed by atoms with Gasteiger partial charge in [-0.3, -0.25) is 14.4 Å². The largest absolute Gasteiger partial charge is 0.326 e. The van der Waals surface area contributed by atoms with Crippen molar-refractivity contribution in [2.45, 2.75) is 44.7 Å². The van der Waals surface area contributed by atoms with Crippen LogP contribution in [0.5, 0.6) is 0 Å². The smallest absolute Gasteiger partial charge is 0.249 e. The van der Waals surface area contributed by atoms with Gasteiger partial charge in [0.15, 0.2) is 0 Å². The number of amides is 3. The summed E-state index contributed by atoms with van der Waals surface area (Å²) in [7, 11) is 1.72. The van der Waals surface area contributed by atoms with E-state index in [0.29, 0.717) is 47.2 Å². The van der Waals surface area contributed by atoms with Crippen LogP contribution < -0.4 is 9.80 Å². The van der Waals surface area contributed by atoms with Gasteiger partial charge in [-0.2, -0.15) is 0 Å². The van der Waals surface area contributed by atoms with Crippen LogP contribution in [0.15, 0.2) is 66.7 Å². The van der Waals surface area contributed by atoms with Crippen molar-refractivity contribution >= 4 is 52.3 Å². The standard InChI is InChI=1S/C30H29Cl2N3O3/c1-33(24-11-13-25(14-12-24)34-15-5-4-8-28(34)36)30(38)27-16-20-6-2-3-7-22(20)19-35(27)29(37)17-21-9-10-23(31)18-26(21)32/h2-3,6-7,9-14,18,27H,4-5,8,15-17,19H2,1H3/t27-/m0/s1. The molecule has 0 N–H and O–H groups in total. The van der Waals surface area contributed by atoms with Crippen molar-refractivity contribution in [3.8, 4) is 0 Å². The van der Waals surface area contributed by atoms with E-state index in [2.05, 4.69) is 0 Å². The van der Waals surface area contributed by atoms with Crippen LogP contribution in [0.25, 0.3) is 0 Å². The Morgan fingerprint density at radius 3 is 2.42 bits per heavy atom. The Balaban J connectivity index is 1.38. The first-order valence-corrected chi connectivity index (χ1v) is 13.6. The van der Waals surface area contributed by atoms with E-state index < -0.39 is 6.04 Å². The molecule has 1 saturated heterocycles. The lowest BCUT2D eigenvalue weighted by atomic mass is 9.92. The van der Waals surface area contributed by atoms with E-state index in [0.717, 1.165) is 29.7 Å². The molecule has 0 spiro atoms. The SMILES string of the molecule is CN(C(=O)[C@@H]1Cc2ccccc2CN1C(=O)Cc1ccc(Cl)cc1Cl)c1ccc(N2CCCCC2=O)cc1. The average Bonchev–Trinajstić information content (AvgIpc) is 2.93. The quantitative estimate of drug-likeness (QED) is 0.412. The van der Waals surface area contributed by atoms with Crippen molar-refractivity contribution in [3.63, 3.8) is 0 Å². The number of hydrogen-bond donors (Lipinski definition) is 0. The third-order valence-corrected chi connectivity index (χ3v) is 8.00. The van der Waals surface area contributed by atoms with Gasteiger partial charge in [0.25, 0.3) is 0 Å². The fraction of sp³-hybridized carbons (Fsp3) is 0.300. The summed E-state index contributed by atoms with van der Waals surface area (Å²) in [6.07, 6.45) is 2.98. The third-order valence-electron chi connectivity index (χ3n) is 7.41. The molecule has 0 saturated carbocycles. The van der Waals surface area contributed by atoms with E-state index in [4.69, 9.17) is 23.2 Å². The van der Waals surface area contributed by atoms with Gasteiger partial charge in [-0.15, -0.1) is 0 Å². The van der Waals surface area contributed by atoms with Crippen LogP contribution in [0, 0.1) is 0 Å². The van der Waals surface area contributed by atoms with Gasteiger partial charge in [0.05, 0.1) is 6.42 Å². The monoisotopic (exact) mass is 549 g/mol. The van der Waals surface area contributed by atoms with E-state index in [1.54, 1.807) is 39.9 Å². The summed E-state index contributed by atoms with van der Waals surface area (Å²) >= 11 is 12.4. The second-order valence-electron chi connectivity index (χ2n) is 9.84. The van der Waals surface area contributed by atoms with Gasteiger partial charge in [0, 0.05) is 54.4 Å². The number of carbonyl (C=O) groups is 3. The van der Waals surface area contributed by atoms with Crippen molar-refractivity contribution in [2.75, 3.05) is 23.4 Å². The number of anilines is 2. The summed E-state index contributed by atoms with van der Waals surface area (Å²) in [6, 6.07) is 19.8. The van der Waals surface area contributed by atoms with Crippen LogP contribution in [-0.4, -0.2) is 42.3 Å². The molecule has 3 amide bonds. The molecule has 196 valence electrons. The topological polar surface area (TPSA) is 60.9 Å². The highest BCUT2D eigenvalue weighted by Crippen LogP contribution is 2.29. The minimum absolute atomic E-state index is 0.0736. The van der Waals surface area contributed by atoms with Crippen molar-refractivity contribution in [2.24, 2.45) is 0 Å². The van der Waals surface area contributed by atoms with Gasteiger partial charge in [-0.05, 0) is 65.9 Å². The van der Waals surface area contributed by atoms with Crippen molar-refractivity contribution in [3.05, 3.63) is 93.5 Å². The van der Waals surface area contributed by atoms with Crippen LogP contribution in [0.2, 0.25) is 10.0 Å². The molecule has 6 nitrogen and oxygen atoms in total. The number of hydrogen-bond acceptors (Lipinski definition) is 3. The number of nitrogens with zero attached hydrogens (tertiary/aromatic N) is 3. The van der Waals surface area contributed by atoms with Gasteiger partial charge in [0.2, 0.25) is 17.7 Å². The minimum atomic E-state index is -0.656. The normalized spacial score (nSPS) is 17.2. The van der Waals surface area contributed by atoms with Gasteiger partial charge in [0.1, 0.15) is 6.04 Å². The summed E-state index contributed by atoms with van der Waals surface area (Å²) in [5, 5.41) is 0.930. The molecule has 2 heterocycles. The molecule has 0 radical (unpaired) electrons. The Kier molecular flexibility index (Phi) is 7.73. The summed E-state index contributed by atoms with van der Waals surface area (Å²) < 4.78 is 0. The van der Waals surface area contributed by atoms with E-state index >= 15 is 0 Å². The van der Waals surface area contributed by atoms with Crippen LogP contribution in [0.1, 0.15) is 36.0 Å². The summed E-state index contributed by atoms with van der Waals surface area (Å²) in [5.74, 6) is -0.212. The molecule has 0 unspecified atom stereocenters. The van der Waals surface area contributed by atoms with Crippen LogP contribution >= 0.6 is 23.2 Å². The second kappa shape index (κ2) is 11.2. The Morgan fingerprint density at radius 1 is 0.974 bits per heavy atom. The number of carbonyl (C=O) groups excluding carboxylic acids is 3. The van der Waals surface area contributed by atoms with Crippen molar-refractivity contribution in [1.82, 2.24) is 4.90 Å². The Morgan fingerprint density at radius 2 is 1.71 bits per heavy atom. The molecule has 0 aromatic heterocycles. The molecular formula is C30H29Cl2N3O3. The number of likely N-dealkylation sites (N-methyl/N-ethyl adjacent to an activating group) is 1. The first kappa shape index (κ1) is 26.3. The van der Waals surface area contributed by atoms with Crippen LogP contribution in [0.3, 0.4) is 0 Å². The van der Waals surface area contributed by atoms with Crippen LogP contribution in [-0.2, 0) is 33.8 Å². The molecule has 3 aromatic rings. The molecule has 0 bridgehead atoms. The predicted octanol–water partition coefficient (Wildman–Crippen LogP) is 5.67. The second-order valence-corrected chi connectivity index (χ2v) is 10.7. The molecule has 3 aromatic carbocycles. The lowest BCUT2D eigenvalue weighted by molar-refractivity contribution is -0.140. The number of halogens is 2. The van der Waals surface area contributed by atoms with Gasteiger partial charge < -0.3 is 14.7 Å². The Bertz CT molecular complexity index is 1380. The molecule has 8 heteroatoms. The lowest BCUT2D eigenvalue weighted by Crippen LogP contribution is -2.53. The van der Waals surface area contributed by atoms with E-state index in [-0.39, 0.29) is 24.1 Å². The molecule has 2 aliphatic rings. The zero-order chi connectivity index (χ0) is 26.8. The highest BCUT2D eigenvalue weighted by atomic mass is 35.5. The first-order valence-electron chi connectivity index (χ1n) is 12.8. The molecule has 38 heavy (non-hydrogen) atoms. The first-order chi connectivity index (χ1) is 18.3. The number of piperidine rings is 1. The molecule has 1 fully saturated rings. The molecule has 2 aliphatic heterocycles. The maximum Gasteiger partial charge on any atom is 0.249 e. The highest BCUT2D eigenvalue weighted by Gasteiger charge is 2.36. The lowest BCUT2D eigenvalue weighted by Gasteiger charge is -2.38. The maximum absolute atomic E-state index is 13.8. The number of rotatable bonds is 5. The summed E-state index contributed by atoms with van der Waals surface area (Å²) in [5.41, 5.74) is 4.30.